The van der Waals surface area contributed by atoms with E-state index in [1.807, 2.05) is 29.2 Å². The fourth-order valence-corrected chi connectivity index (χ4v) is 3.90. The minimum Gasteiger partial charge on any atom is -0.382 e. The van der Waals surface area contributed by atoms with Crippen LogP contribution in [0.25, 0.3) is 10.9 Å². The van der Waals surface area contributed by atoms with Crippen LogP contribution in [0, 0.1) is 5.92 Å². The monoisotopic (exact) mass is 312 g/mol. The molecule has 2 aliphatic rings. The third kappa shape index (κ3) is 2.29. The highest BCUT2D eigenvalue weighted by molar-refractivity contribution is 5.99. The van der Waals surface area contributed by atoms with Gasteiger partial charge in [0.15, 0.2) is 5.82 Å². The van der Waals surface area contributed by atoms with Crippen molar-refractivity contribution in [2.75, 3.05) is 12.3 Å². The molecule has 0 radical (unpaired) electrons. The number of anilines is 1. The van der Waals surface area contributed by atoms with Crippen LogP contribution in [0.2, 0.25) is 0 Å². The molecule has 23 heavy (non-hydrogen) atoms. The van der Waals surface area contributed by atoms with Crippen molar-refractivity contribution in [3.63, 3.8) is 0 Å². The van der Waals surface area contributed by atoms with Crippen molar-refractivity contribution < 1.29 is 9.59 Å². The lowest BCUT2D eigenvalue weighted by Gasteiger charge is -2.23. The number of carbonyl (C=O) groups excluding carboxylic acids is 2. The molecule has 1 aromatic heterocycles. The van der Waals surface area contributed by atoms with Gasteiger partial charge < -0.3 is 10.6 Å². The Morgan fingerprint density at radius 3 is 2.74 bits per heavy atom. The summed E-state index contributed by atoms with van der Waals surface area (Å²) in [6, 6.07) is 7.74. The summed E-state index contributed by atoms with van der Waals surface area (Å²) in [6.07, 6.45) is 4.75. The number of fused-ring (bicyclic) bond motifs is 1. The summed E-state index contributed by atoms with van der Waals surface area (Å²) in [5, 5.41) is 4.97. The molecule has 2 N–H and O–H groups in total. The van der Waals surface area contributed by atoms with Gasteiger partial charge in [0.05, 0.1) is 11.4 Å². The molecule has 1 aromatic carbocycles. The van der Waals surface area contributed by atoms with Crippen molar-refractivity contribution in [2.45, 2.75) is 38.1 Å². The lowest BCUT2D eigenvalue weighted by molar-refractivity contribution is -0.129. The molecular weight excluding hydrogens is 292 g/mol. The van der Waals surface area contributed by atoms with Gasteiger partial charge in [-0.25, -0.2) is 0 Å². The van der Waals surface area contributed by atoms with Crippen molar-refractivity contribution in [3.8, 4) is 0 Å². The SMILES string of the molecule is Nc1nn(C(=O)[C@H]2CC(=O)N(C3CCCC3)C2)c2ccccc12. The maximum Gasteiger partial charge on any atom is 0.252 e. The van der Waals surface area contributed by atoms with Crippen LogP contribution in [0.1, 0.15) is 36.9 Å². The molecule has 1 aliphatic heterocycles. The molecule has 1 amide bonds. The molecule has 1 aliphatic carbocycles. The molecule has 2 fully saturated rings. The number of hydrogen-bond acceptors (Lipinski definition) is 4. The molecule has 120 valence electrons. The average molecular weight is 312 g/mol. The van der Waals surface area contributed by atoms with E-state index >= 15 is 0 Å². The number of hydrogen-bond donors (Lipinski definition) is 1. The molecule has 6 heteroatoms. The van der Waals surface area contributed by atoms with Gasteiger partial charge in [-0.2, -0.15) is 4.68 Å². The Morgan fingerprint density at radius 1 is 1.22 bits per heavy atom. The molecule has 0 spiro atoms. The van der Waals surface area contributed by atoms with Crippen LogP contribution in [-0.2, 0) is 4.79 Å². The van der Waals surface area contributed by atoms with E-state index in [2.05, 4.69) is 5.10 Å². The fraction of sp³-hybridized carbons (Fsp3) is 0.471. The Labute approximate surface area is 134 Å². The summed E-state index contributed by atoms with van der Waals surface area (Å²) >= 11 is 0. The molecule has 0 unspecified atom stereocenters. The Bertz CT molecular complexity index is 776. The normalized spacial score (nSPS) is 22.3. The summed E-state index contributed by atoms with van der Waals surface area (Å²) in [5.41, 5.74) is 6.62. The van der Waals surface area contributed by atoms with Crippen molar-refractivity contribution >= 4 is 28.5 Å². The number of nitrogens with two attached hydrogens (primary N) is 1. The first-order chi connectivity index (χ1) is 11.1. The summed E-state index contributed by atoms with van der Waals surface area (Å²) in [6.45, 7) is 0.510. The number of para-hydroxylation sites is 1. The van der Waals surface area contributed by atoms with E-state index in [1.54, 1.807) is 0 Å². The van der Waals surface area contributed by atoms with Crippen LogP contribution in [0.3, 0.4) is 0 Å². The van der Waals surface area contributed by atoms with Crippen LogP contribution in [0.4, 0.5) is 5.82 Å². The lowest BCUT2D eigenvalue weighted by atomic mass is 10.1. The first-order valence-corrected chi connectivity index (χ1v) is 8.22. The zero-order valence-electron chi connectivity index (χ0n) is 12.9. The number of nitrogens with zero attached hydrogens (tertiary/aromatic N) is 3. The summed E-state index contributed by atoms with van der Waals surface area (Å²) < 4.78 is 1.38. The van der Waals surface area contributed by atoms with E-state index in [4.69, 9.17) is 5.73 Å². The first-order valence-electron chi connectivity index (χ1n) is 8.22. The molecule has 1 saturated heterocycles. The smallest absolute Gasteiger partial charge is 0.252 e. The van der Waals surface area contributed by atoms with Gasteiger partial charge in [-0.15, -0.1) is 5.10 Å². The number of rotatable bonds is 2. The molecule has 2 heterocycles. The van der Waals surface area contributed by atoms with E-state index < -0.39 is 0 Å². The van der Waals surface area contributed by atoms with Crippen LogP contribution in [0.5, 0.6) is 0 Å². The van der Waals surface area contributed by atoms with Crippen molar-refractivity contribution in [1.29, 1.82) is 0 Å². The van der Waals surface area contributed by atoms with Gasteiger partial charge in [0, 0.05) is 24.4 Å². The van der Waals surface area contributed by atoms with E-state index in [-0.39, 0.29) is 24.2 Å². The second-order valence-electron chi connectivity index (χ2n) is 6.54. The zero-order chi connectivity index (χ0) is 16.0. The third-order valence-electron chi connectivity index (χ3n) is 5.10. The third-order valence-corrected chi connectivity index (χ3v) is 5.10. The van der Waals surface area contributed by atoms with E-state index in [0.29, 0.717) is 23.9 Å². The lowest BCUT2D eigenvalue weighted by Crippen LogP contribution is -2.35. The Morgan fingerprint density at radius 2 is 1.96 bits per heavy atom. The second-order valence-corrected chi connectivity index (χ2v) is 6.54. The number of amides is 1. The molecule has 1 atom stereocenters. The Hall–Kier alpha value is -2.37. The standard InChI is InChI=1S/C17H20N4O2/c18-16-13-7-3-4-8-14(13)21(19-16)17(23)11-9-15(22)20(10-11)12-5-1-2-6-12/h3-4,7-8,11-12H,1-2,5-6,9-10H2,(H2,18,19)/t11-/m0/s1. The fourth-order valence-electron chi connectivity index (χ4n) is 3.90. The predicted octanol–water partition coefficient (Wildman–Crippen LogP) is 2.05. The van der Waals surface area contributed by atoms with E-state index in [9.17, 15) is 9.59 Å². The van der Waals surface area contributed by atoms with Crippen molar-refractivity contribution in [2.24, 2.45) is 5.92 Å². The van der Waals surface area contributed by atoms with Gasteiger partial charge in [0.2, 0.25) is 5.91 Å². The van der Waals surface area contributed by atoms with Crippen LogP contribution >= 0.6 is 0 Å². The van der Waals surface area contributed by atoms with Gasteiger partial charge in [0.1, 0.15) is 0 Å². The first kappa shape index (κ1) is 14.2. The maximum atomic E-state index is 12.8. The summed E-state index contributed by atoms with van der Waals surface area (Å²) in [5.74, 6) is -0.0110. The predicted molar refractivity (Wildman–Crippen MR) is 86.8 cm³/mol. The maximum absolute atomic E-state index is 12.8. The highest BCUT2D eigenvalue weighted by Gasteiger charge is 2.39. The van der Waals surface area contributed by atoms with Crippen molar-refractivity contribution in [1.82, 2.24) is 14.7 Å². The van der Waals surface area contributed by atoms with Crippen molar-refractivity contribution in [3.05, 3.63) is 24.3 Å². The van der Waals surface area contributed by atoms with E-state index in [0.717, 1.165) is 18.2 Å². The molecule has 1 saturated carbocycles. The minimum absolute atomic E-state index is 0.0969. The van der Waals surface area contributed by atoms with Gasteiger partial charge in [-0.05, 0) is 25.0 Å². The zero-order valence-corrected chi connectivity index (χ0v) is 12.9. The minimum atomic E-state index is -0.328. The van der Waals surface area contributed by atoms with Gasteiger partial charge >= 0.3 is 0 Å². The van der Waals surface area contributed by atoms with Gasteiger partial charge in [-0.1, -0.05) is 25.0 Å². The van der Waals surface area contributed by atoms with Gasteiger partial charge in [-0.3, -0.25) is 9.59 Å². The largest absolute Gasteiger partial charge is 0.382 e. The number of aromatic nitrogens is 2. The molecule has 6 nitrogen and oxygen atoms in total. The molecule has 0 bridgehead atoms. The summed E-state index contributed by atoms with van der Waals surface area (Å²) in [7, 11) is 0. The van der Waals surface area contributed by atoms with Crippen LogP contribution < -0.4 is 5.73 Å². The van der Waals surface area contributed by atoms with Gasteiger partial charge in [0.25, 0.3) is 5.91 Å². The molecule has 4 rings (SSSR count). The second kappa shape index (κ2) is 5.37. The number of carbonyl (C=O) groups is 2. The average Bonchev–Trinajstić information content (AvgIpc) is 3.26. The number of likely N-dealkylation sites (tertiary alicyclic amines) is 1. The topological polar surface area (TPSA) is 81.2 Å². The number of benzene rings is 1. The Kier molecular flexibility index (Phi) is 3.32. The highest BCUT2D eigenvalue weighted by atomic mass is 16.2. The molecular formula is C17H20N4O2. The highest BCUT2D eigenvalue weighted by Crippen LogP contribution is 2.31. The summed E-state index contributed by atoms with van der Waals surface area (Å²) in [4.78, 5) is 27.0. The molecule has 2 aromatic rings. The van der Waals surface area contributed by atoms with Crippen LogP contribution in [0.15, 0.2) is 24.3 Å². The Balaban J connectivity index is 1.60. The van der Waals surface area contributed by atoms with E-state index in [1.165, 1.54) is 17.5 Å². The number of nitrogen functional groups attached to an aromatic ring is 1. The van der Waals surface area contributed by atoms with Crippen LogP contribution in [-0.4, -0.2) is 39.1 Å². The quantitative estimate of drug-likeness (QED) is 0.920.